The molecule has 13 rings (SSSR count). The lowest BCUT2D eigenvalue weighted by atomic mass is 9.63. The smallest absolute Gasteiger partial charge is 0.249 e. The van der Waals surface area contributed by atoms with E-state index in [0.29, 0.717) is 0 Å². The monoisotopic (exact) mass is 781 g/mol. The number of nitrogens with zero attached hydrogens (tertiary/aromatic N) is 4. The van der Waals surface area contributed by atoms with E-state index in [2.05, 4.69) is 214 Å². The molecule has 0 amide bonds. The van der Waals surface area contributed by atoms with Crippen LogP contribution in [0.25, 0.3) is 77.6 Å². The molecule has 0 bridgehead atoms. The number of benzene rings is 8. The molecule has 8 aromatic carbocycles. The Labute approximate surface area is 352 Å². The van der Waals surface area contributed by atoms with Crippen molar-refractivity contribution in [2.75, 3.05) is 0 Å². The quantitative estimate of drug-likeness (QED) is 0.163. The predicted octanol–water partition coefficient (Wildman–Crippen LogP) is 12.7. The summed E-state index contributed by atoms with van der Waals surface area (Å²) in [5.74, 6) is 1.54. The highest BCUT2D eigenvalue weighted by Crippen LogP contribution is 2.64. The van der Waals surface area contributed by atoms with Crippen molar-refractivity contribution in [1.29, 1.82) is 0 Å². The molecular weight excluding hydrogens is 745 g/mol. The first-order chi connectivity index (χ1) is 30.2. The normalized spacial score (nSPS) is 13.1. The Morgan fingerprint density at radius 3 is 1.89 bits per heavy atom. The van der Waals surface area contributed by atoms with Crippen LogP contribution in [0.5, 0.6) is 11.5 Å². The molecule has 0 fully saturated rings. The van der Waals surface area contributed by atoms with Crippen LogP contribution >= 0.6 is 0 Å². The van der Waals surface area contributed by atoms with E-state index < -0.39 is 5.41 Å². The molecule has 0 unspecified atom stereocenters. The average Bonchev–Trinajstić information content (AvgIpc) is 3.95. The molecule has 0 N–H and O–H groups in total. The Hall–Kier alpha value is -8.02. The molecule has 11 aromatic rings. The Morgan fingerprint density at radius 1 is 0.525 bits per heavy atom. The van der Waals surface area contributed by atoms with E-state index in [9.17, 15) is 0 Å². The summed E-state index contributed by atoms with van der Waals surface area (Å²) in [4.78, 5) is 4.47. The van der Waals surface area contributed by atoms with Crippen molar-refractivity contribution in [2.24, 2.45) is 7.05 Å². The van der Waals surface area contributed by atoms with Gasteiger partial charge in [-0.2, -0.15) is 4.57 Å². The SMILES string of the molecule is C[n+]1cn2c3c(cccc31)C1(c3ccc(Oc4ccc5c6ccccc6n(-c6cccnc6)c5c4)cc3-2)c2c(-c3ccccc3)cccc2-c2cccc(-c3ccccc3)c21. The summed E-state index contributed by atoms with van der Waals surface area (Å²) in [6.45, 7) is 0. The van der Waals surface area contributed by atoms with Crippen LogP contribution in [0.3, 0.4) is 0 Å². The molecule has 0 saturated carbocycles. The van der Waals surface area contributed by atoms with E-state index >= 15 is 0 Å². The third-order valence-electron chi connectivity index (χ3n) is 13.1. The van der Waals surface area contributed by atoms with Crippen molar-refractivity contribution in [1.82, 2.24) is 14.1 Å². The lowest BCUT2D eigenvalue weighted by Gasteiger charge is -2.39. The Morgan fingerprint density at radius 2 is 1.16 bits per heavy atom. The second kappa shape index (κ2) is 12.7. The van der Waals surface area contributed by atoms with Crippen molar-refractivity contribution in [3.05, 3.63) is 229 Å². The Kier molecular flexibility index (Phi) is 7.08. The number of aryl methyl sites for hydroxylation is 1. The first kappa shape index (κ1) is 33.9. The summed E-state index contributed by atoms with van der Waals surface area (Å²) >= 11 is 0. The summed E-state index contributed by atoms with van der Waals surface area (Å²) in [5.41, 5.74) is 18.5. The Bertz CT molecular complexity index is 3480. The van der Waals surface area contributed by atoms with Gasteiger partial charge in [-0.15, -0.1) is 0 Å². The van der Waals surface area contributed by atoms with E-state index in [-0.39, 0.29) is 0 Å². The van der Waals surface area contributed by atoms with Crippen LogP contribution in [0.4, 0.5) is 0 Å². The van der Waals surface area contributed by atoms with E-state index in [1.165, 1.54) is 77.4 Å². The number of imidazole rings is 1. The van der Waals surface area contributed by atoms with Crippen LogP contribution in [0.2, 0.25) is 0 Å². The minimum absolute atomic E-state index is 0.665. The van der Waals surface area contributed by atoms with Crippen LogP contribution < -0.4 is 9.30 Å². The number of hydrogen-bond donors (Lipinski definition) is 0. The van der Waals surface area contributed by atoms with Gasteiger partial charge in [-0.25, -0.2) is 4.57 Å². The average molecular weight is 782 g/mol. The summed E-state index contributed by atoms with van der Waals surface area (Å²) in [5, 5.41) is 2.36. The number of rotatable bonds is 5. The Balaban J connectivity index is 1.09. The first-order valence-electron chi connectivity index (χ1n) is 20.8. The summed E-state index contributed by atoms with van der Waals surface area (Å²) in [7, 11) is 2.15. The molecule has 1 aliphatic heterocycles. The van der Waals surface area contributed by atoms with Gasteiger partial charge in [0, 0.05) is 40.2 Å². The topological polar surface area (TPSA) is 35.9 Å². The zero-order chi connectivity index (χ0) is 40.2. The standard InChI is InChI=1S/C56H37N4O/c1-58-35-59-52-33-40(61-39-27-29-44-43-19-8-9-25-49(43)60(51(44)32-39)38-18-13-31-57-34-38)28-30-47(52)56(48-24-12-26-50(58)55(48)59)53-41(36-14-4-2-5-15-36)20-10-22-45(53)46-23-11-21-42(54(46)56)37-16-6-3-7-17-37/h2-35H,1H3/q+1. The molecule has 5 heteroatoms. The highest BCUT2D eigenvalue weighted by atomic mass is 16.5. The fourth-order valence-corrected chi connectivity index (χ4v) is 10.7. The molecule has 5 nitrogen and oxygen atoms in total. The number of aromatic nitrogens is 4. The maximum absolute atomic E-state index is 6.96. The number of ether oxygens (including phenoxy) is 1. The summed E-state index contributed by atoms with van der Waals surface area (Å²) in [6.07, 6.45) is 5.96. The second-order valence-electron chi connectivity index (χ2n) is 16.2. The third kappa shape index (κ3) is 4.66. The van der Waals surface area contributed by atoms with Crippen LogP contribution in [-0.2, 0) is 12.5 Å². The predicted molar refractivity (Wildman–Crippen MR) is 245 cm³/mol. The minimum atomic E-state index is -0.665. The zero-order valence-corrected chi connectivity index (χ0v) is 33.3. The van der Waals surface area contributed by atoms with Crippen molar-refractivity contribution >= 4 is 32.8 Å². The van der Waals surface area contributed by atoms with Crippen LogP contribution in [0.1, 0.15) is 22.3 Å². The molecule has 61 heavy (non-hydrogen) atoms. The van der Waals surface area contributed by atoms with Gasteiger partial charge in [0.05, 0.1) is 35.4 Å². The van der Waals surface area contributed by atoms with Crippen LogP contribution in [0.15, 0.2) is 207 Å². The van der Waals surface area contributed by atoms with Crippen molar-refractivity contribution < 1.29 is 9.30 Å². The maximum atomic E-state index is 6.96. The molecule has 3 aromatic heterocycles. The lowest BCUT2D eigenvalue weighted by Crippen LogP contribution is -2.34. The van der Waals surface area contributed by atoms with Gasteiger partial charge in [-0.3, -0.25) is 4.98 Å². The largest absolute Gasteiger partial charge is 0.457 e. The van der Waals surface area contributed by atoms with Crippen LogP contribution in [0, 0.1) is 0 Å². The van der Waals surface area contributed by atoms with E-state index in [4.69, 9.17) is 4.74 Å². The molecular formula is C56H37N4O+. The molecule has 0 atom stereocenters. The highest BCUT2D eigenvalue weighted by molar-refractivity contribution is 6.09. The van der Waals surface area contributed by atoms with Gasteiger partial charge in [-0.1, -0.05) is 127 Å². The van der Waals surface area contributed by atoms with Gasteiger partial charge in [0.15, 0.2) is 11.0 Å². The summed E-state index contributed by atoms with van der Waals surface area (Å²) < 4.78 is 13.9. The lowest BCUT2D eigenvalue weighted by molar-refractivity contribution is -0.645. The van der Waals surface area contributed by atoms with Gasteiger partial charge in [0.1, 0.15) is 17.2 Å². The molecule has 2 aliphatic rings. The van der Waals surface area contributed by atoms with Crippen LogP contribution in [-0.4, -0.2) is 14.1 Å². The molecule has 4 heterocycles. The van der Waals surface area contributed by atoms with Gasteiger partial charge < -0.3 is 9.30 Å². The fourth-order valence-electron chi connectivity index (χ4n) is 10.7. The van der Waals surface area contributed by atoms with E-state index in [1.807, 2.05) is 18.5 Å². The molecule has 286 valence electrons. The zero-order valence-electron chi connectivity index (χ0n) is 33.3. The number of pyridine rings is 1. The first-order valence-corrected chi connectivity index (χ1v) is 20.8. The van der Waals surface area contributed by atoms with Gasteiger partial charge >= 0.3 is 0 Å². The number of fused-ring (bicyclic) bond motifs is 12. The van der Waals surface area contributed by atoms with Crippen molar-refractivity contribution in [3.63, 3.8) is 0 Å². The fraction of sp³-hybridized carbons (Fsp3) is 0.0357. The highest BCUT2D eigenvalue weighted by Gasteiger charge is 2.55. The molecule has 0 saturated heterocycles. The van der Waals surface area contributed by atoms with Gasteiger partial charge in [0.2, 0.25) is 6.33 Å². The van der Waals surface area contributed by atoms with E-state index in [1.54, 1.807) is 0 Å². The number of hydrogen-bond acceptors (Lipinski definition) is 2. The van der Waals surface area contributed by atoms with Gasteiger partial charge in [-0.05, 0) is 93.0 Å². The second-order valence-corrected chi connectivity index (χ2v) is 16.2. The summed E-state index contributed by atoms with van der Waals surface area (Å²) in [6, 6.07) is 68.2. The van der Waals surface area contributed by atoms with E-state index in [0.717, 1.165) is 33.9 Å². The molecule has 1 aliphatic carbocycles. The van der Waals surface area contributed by atoms with Gasteiger partial charge in [0.25, 0.3) is 0 Å². The van der Waals surface area contributed by atoms with Crippen molar-refractivity contribution in [3.8, 4) is 56.3 Å². The number of para-hydroxylation sites is 2. The minimum Gasteiger partial charge on any atom is -0.457 e. The maximum Gasteiger partial charge on any atom is 0.249 e. The third-order valence-corrected chi connectivity index (χ3v) is 13.1. The molecule has 0 radical (unpaired) electrons. The van der Waals surface area contributed by atoms with Crippen molar-refractivity contribution in [2.45, 2.75) is 5.41 Å². The molecule has 1 spiro atoms.